The summed E-state index contributed by atoms with van der Waals surface area (Å²) in [7, 11) is 1.59. The third-order valence-corrected chi connectivity index (χ3v) is 5.97. The minimum atomic E-state index is -0.163. The van der Waals surface area contributed by atoms with Crippen molar-refractivity contribution >= 4 is 35.0 Å². The van der Waals surface area contributed by atoms with Gasteiger partial charge in [0, 0.05) is 28.0 Å². The molecule has 1 heterocycles. The summed E-state index contributed by atoms with van der Waals surface area (Å²) in [5.41, 5.74) is 2.33. The molecule has 9 heteroatoms. The van der Waals surface area contributed by atoms with Crippen molar-refractivity contribution in [1.29, 1.82) is 0 Å². The number of carbonyl (C=O) groups excluding carboxylic acids is 1. The van der Waals surface area contributed by atoms with E-state index in [4.69, 9.17) is 21.1 Å². The number of ether oxygens (including phenoxy) is 2. The predicted octanol–water partition coefficient (Wildman–Crippen LogP) is 5.73. The fourth-order valence-electron chi connectivity index (χ4n) is 3.30. The number of benzene rings is 3. The lowest BCUT2D eigenvalue weighted by atomic mass is 10.2. The molecule has 0 fully saturated rings. The van der Waals surface area contributed by atoms with Crippen LogP contribution in [0.2, 0.25) is 5.02 Å². The second-order valence-electron chi connectivity index (χ2n) is 7.15. The number of rotatable bonds is 9. The van der Waals surface area contributed by atoms with Gasteiger partial charge in [0.1, 0.15) is 11.5 Å². The van der Waals surface area contributed by atoms with E-state index in [1.807, 2.05) is 72.2 Å². The van der Waals surface area contributed by atoms with Gasteiger partial charge in [0.25, 0.3) is 0 Å². The highest BCUT2D eigenvalue weighted by atomic mass is 35.5. The number of hydrogen-bond acceptors (Lipinski definition) is 6. The first kappa shape index (κ1) is 23.7. The highest BCUT2D eigenvalue weighted by Gasteiger charge is 2.18. The Bertz CT molecular complexity index is 1280. The van der Waals surface area contributed by atoms with Crippen molar-refractivity contribution in [2.75, 3.05) is 24.8 Å². The molecule has 1 aromatic heterocycles. The molecule has 1 amide bonds. The van der Waals surface area contributed by atoms with Crippen LogP contribution < -0.4 is 14.8 Å². The van der Waals surface area contributed by atoms with Crippen LogP contribution in [0.15, 0.2) is 78.0 Å². The minimum absolute atomic E-state index is 0.155. The Morgan fingerprint density at radius 2 is 1.82 bits per heavy atom. The lowest BCUT2D eigenvalue weighted by Crippen LogP contribution is -2.14. The van der Waals surface area contributed by atoms with E-state index >= 15 is 0 Å². The highest BCUT2D eigenvalue weighted by Crippen LogP contribution is 2.30. The second kappa shape index (κ2) is 11.1. The van der Waals surface area contributed by atoms with Gasteiger partial charge in [-0.3, -0.25) is 9.36 Å². The number of aromatic nitrogens is 3. The molecule has 0 saturated heterocycles. The Hall–Kier alpha value is -3.49. The molecule has 0 aliphatic heterocycles. The molecule has 34 heavy (non-hydrogen) atoms. The molecule has 4 aromatic rings. The fourth-order valence-corrected chi connectivity index (χ4v) is 4.24. The molecule has 0 radical (unpaired) electrons. The van der Waals surface area contributed by atoms with Crippen molar-refractivity contribution in [3.05, 3.63) is 77.8 Å². The van der Waals surface area contributed by atoms with Gasteiger partial charge in [-0.25, -0.2) is 0 Å². The Kier molecular flexibility index (Phi) is 7.72. The smallest absolute Gasteiger partial charge is 0.234 e. The first-order valence-electron chi connectivity index (χ1n) is 10.6. The molecule has 0 unspecified atom stereocenters. The van der Waals surface area contributed by atoms with E-state index in [0.29, 0.717) is 34.0 Å². The predicted molar refractivity (Wildman–Crippen MR) is 135 cm³/mol. The summed E-state index contributed by atoms with van der Waals surface area (Å²) in [5, 5.41) is 12.8. The zero-order valence-electron chi connectivity index (χ0n) is 18.7. The second-order valence-corrected chi connectivity index (χ2v) is 8.53. The van der Waals surface area contributed by atoms with Crippen LogP contribution in [0.25, 0.3) is 17.1 Å². The van der Waals surface area contributed by atoms with Crippen LogP contribution >= 0.6 is 23.4 Å². The van der Waals surface area contributed by atoms with Crippen LogP contribution in [0.1, 0.15) is 6.92 Å². The number of halogens is 1. The molecule has 7 nitrogen and oxygen atoms in total. The minimum Gasteiger partial charge on any atom is -0.497 e. The normalized spacial score (nSPS) is 10.7. The maximum Gasteiger partial charge on any atom is 0.234 e. The van der Waals surface area contributed by atoms with Gasteiger partial charge in [0.15, 0.2) is 11.0 Å². The van der Waals surface area contributed by atoms with E-state index in [9.17, 15) is 4.79 Å². The Balaban J connectivity index is 1.59. The lowest BCUT2D eigenvalue weighted by Gasteiger charge is -2.12. The van der Waals surface area contributed by atoms with E-state index in [1.54, 1.807) is 19.2 Å². The first-order valence-corrected chi connectivity index (χ1v) is 11.9. The van der Waals surface area contributed by atoms with Crippen molar-refractivity contribution in [3.8, 4) is 28.6 Å². The van der Waals surface area contributed by atoms with Gasteiger partial charge in [-0.15, -0.1) is 10.2 Å². The summed E-state index contributed by atoms with van der Waals surface area (Å²) in [6, 6.07) is 22.3. The molecule has 0 bridgehead atoms. The summed E-state index contributed by atoms with van der Waals surface area (Å²) < 4.78 is 12.7. The maximum atomic E-state index is 12.6. The zero-order valence-corrected chi connectivity index (χ0v) is 20.3. The molecule has 0 aliphatic carbocycles. The SMILES string of the molecule is CCOc1ccc(-n2c(SCC(=O)Nc3cccc(OC)c3)nnc2-c2cccc(Cl)c2)cc1. The number of carbonyl (C=O) groups is 1. The van der Waals surface area contributed by atoms with Crippen LogP contribution in [-0.4, -0.2) is 40.1 Å². The number of nitrogens with one attached hydrogen (secondary N) is 1. The van der Waals surface area contributed by atoms with E-state index < -0.39 is 0 Å². The largest absolute Gasteiger partial charge is 0.497 e. The molecule has 0 aliphatic rings. The van der Waals surface area contributed by atoms with Gasteiger partial charge in [0.05, 0.1) is 19.5 Å². The molecule has 174 valence electrons. The van der Waals surface area contributed by atoms with Crippen LogP contribution in [0.3, 0.4) is 0 Å². The van der Waals surface area contributed by atoms with Crippen LogP contribution in [0, 0.1) is 0 Å². The first-order chi connectivity index (χ1) is 16.6. The summed E-state index contributed by atoms with van der Waals surface area (Å²) >= 11 is 7.51. The van der Waals surface area contributed by atoms with E-state index in [-0.39, 0.29) is 11.7 Å². The molecule has 0 saturated carbocycles. The molecular weight excluding hydrogens is 472 g/mol. The summed E-state index contributed by atoms with van der Waals surface area (Å²) in [6.07, 6.45) is 0. The molecule has 3 aromatic carbocycles. The van der Waals surface area contributed by atoms with Crippen molar-refractivity contribution in [2.45, 2.75) is 12.1 Å². The molecule has 4 rings (SSSR count). The van der Waals surface area contributed by atoms with Crippen molar-refractivity contribution in [3.63, 3.8) is 0 Å². The molecule has 0 spiro atoms. The monoisotopic (exact) mass is 494 g/mol. The quantitative estimate of drug-likeness (QED) is 0.299. The third-order valence-electron chi connectivity index (χ3n) is 4.81. The van der Waals surface area contributed by atoms with Crippen LogP contribution in [-0.2, 0) is 4.79 Å². The zero-order chi connectivity index (χ0) is 23.9. The Labute approximate surface area is 207 Å². The van der Waals surface area contributed by atoms with E-state index in [0.717, 1.165) is 17.0 Å². The highest BCUT2D eigenvalue weighted by molar-refractivity contribution is 7.99. The molecule has 1 N–H and O–H groups in total. The topological polar surface area (TPSA) is 78.3 Å². The van der Waals surface area contributed by atoms with Crippen LogP contribution in [0.4, 0.5) is 5.69 Å². The number of thioether (sulfide) groups is 1. The van der Waals surface area contributed by atoms with Gasteiger partial charge in [0.2, 0.25) is 5.91 Å². The third kappa shape index (κ3) is 5.70. The number of hydrogen-bond donors (Lipinski definition) is 1. The average molecular weight is 495 g/mol. The van der Waals surface area contributed by atoms with Crippen molar-refractivity contribution < 1.29 is 14.3 Å². The molecular formula is C25H23ClN4O3S. The van der Waals surface area contributed by atoms with Gasteiger partial charge in [-0.2, -0.15) is 0 Å². The van der Waals surface area contributed by atoms with Gasteiger partial charge < -0.3 is 14.8 Å². The number of anilines is 1. The maximum absolute atomic E-state index is 12.6. The fraction of sp³-hybridized carbons (Fsp3) is 0.160. The van der Waals surface area contributed by atoms with E-state index in [2.05, 4.69) is 15.5 Å². The summed E-state index contributed by atoms with van der Waals surface area (Å²) in [6.45, 7) is 2.53. The van der Waals surface area contributed by atoms with Crippen molar-refractivity contribution in [1.82, 2.24) is 14.8 Å². The number of amides is 1. The number of nitrogens with zero attached hydrogens (tertiary/aromatic N) is 3. The summed E-state index contributed by atoms with van der Waals surface area (Å²) in [5.74, 6) is 2.07. The Morgan fingerprint density at radius 1 is 1.03 bits per heavy atom. The van der Waals surface area contributed by atoms with Crippen LogP contribution in [0.5, 0.6) is 11.5 Å². The van der Waals surface area contributed by atoms with Gasteiger partial charge in [-0.05, 0) is 55.5 Å². The Morgan fingerprint density at radius 3 is 2.56 bits per heavy atom. The molecule has 0 atom stereocenters. The van der Waals surface area contributed by atoms with Gasteiger partial charge >= 0.3 is 0 Å². The standard InChI is InChI=1S/C25H23ClN4O3S/c1-3-33-21-12-10-20(11-13-21)30-24(17-6-4-7-18(26)14-17)28-29-25(30)34-16-23(31)27-19-8-5-9-22(15-19)32-2/h4-15H,3,16H2,1-2H3,(H,27,31). The number of methoxy groups -OCH3 is 1. The van der Waals surface area contributed by atoms with E-state index in [1.165, 1.54) is 11.8 Å². The van der Waals surface area contributed by atoms with Crippen molar-refractivity contribution in [2.24, 2.45) is 0 Å². The average Bonchev–Trinajstić information content (AvgIpc) is 3.27. The van der Waals surface area contributed by atoms with Gasteiger partial charge in [-0.1, -0.05) is 41.6 Å². The summed E-state index contributed by atoms with van der Waals surface area (Å²) in [4.78, 5) is 12.6. The lowest BCUT2D eigenvalue weighted by molar-refractivity contribution is -0.113.